The summed E-state index contributed by atoms with van der Waals surface area (Å²) >= 11 is 12.5. The van der Waals surface area contributed by atoms with Crippen molar-refractivity contribution in [2.24, 2.45) is 0 Å². The van der Waals surface area contributed by atoms with Crippen LogP contribution in [0.2, 0.25) is 10.0 Å². The molecule has 0 saturated carbocycles. The number of carbonyl (C=O) groups is 1. The number of anilines is 1. The predicted octanol–water partition coefficient (Wildman–Crippen LogP) is 6.92. The molecule has 3 aromatic rings. The maximum absolute atomic E-state index is 12.7. The molecule has 0 bridgehead atoms. The summed E-state index contributed by atoms with van der Waals surface area (Å²) in [6, 6.07) is 18.3. The Balaban J connectivity index is 1.76. The van der Waals surface area contributed by atoms with Crippen LogP contribution in [0.5, 0.6) is 11.5 Å². The van der Waals surface area contributed by atoms with E-state index in [0.29, 0.717) is 22.0 Å². The largest absolute Gasteiger partial charge is 0.489 e. The molecule has 5 nitrogen and oxygen atoms in total. The van der Waals surface area contributed by atoms with Crippen LogP contribution in [0.25, 0.3) is 6.08 Å². The lowest BCUT2D eigenvalue weighted by Crippen LogP contribution is -2.14. The summed E-state index contributed by atoms with van der Waals surface area (Å²) in [6.07, 6.45) is 1.41. The van der Waals surface area contributed by atoms with Crippen molar-refractivity contribution in [1.29, 1.82) is 5.26 Å². The number of para-hydroxylation sites is 1. The molecule has 1 N–H and O–H groups in total. The molecule has 0 unspecified atom stereocenters. The Bertz CT molecular complexity index is 1240. The Labute approximate surface area is 209 Å². The topological polar surface area (TPSA) is 71.4 Å². The molecule has 0 atom stereocenters. The van der Waals surface area contributed by atoms with E-state index in [1.54, 1.807) is 24.3 Å². The van der Waals surface area contributed by atoms with Crippen molar-refractivity contribution in [2.75, 3.05) is 18.5 Å². The summed E-state index contributed by atoms with van der Waals surface area (Å²) in [4.78, 5) is 12.7. The highest BCUT2D eigenvalue weighted by Crippen LogP contribution is 2.34. The third kappa shape index (κ3) is 6.54. The summed E-state index contributed by atoms with van der Waals surface area (Å²) in [6.45, 7) is 6.39. The Hall–Kier alpha value is -3.46. The van der Waals surface area contributed by atoms with E-state index < -0.39 is 5.91 Å². The first-order chi connectivity index (χ1) is 16.3. The molecule has 0 spiro atoms. The number of amides is 1. The molecule has 0 aliphatic heterocycles. The first-order valence-corrected chi connectivity index (χ1v) is 11.3. The van der Waals surface area contributed by atoms with E-state index in [0.717, 1.165) is 22.4 Å². The van der Waals surface area contributed by atoms with E-state index in [1.165, 1.54) is 6.08 Å². The van der Waals surface area contributed by atoms with Crippen molar-refractivity contribution >= 4 is 40.9 Å². The van der Waals surface area contributed by atoms with Gasteiger partial charge in [0, 0.05) is 16.3 Å². The Kier molecular flexibility index (Phi) is 8.59. The number of nitrogens with one attached hydrogen (secondary N) is 1. The molecule has 0 aromatic heterocycles. The molecule has 174 valence electrons. The fourth-order valence-electron chi connectivity index (χ4n) is 3.29. The summed E-state index contributed by atoms with van der Waals surface area (Å²) < 4.78 is 11.8. The SMILES string of the molecule is Cc1ccc(NC(=O)/C(C#N)=C/c2cc(Cl)cc(Cl)c2OCCOc2c(C)cccc2C)cc1. The van der Waals surface area contributed by atoms with Crippen LogP contribution in [0.4, 0.5) is 5.69 Å². The molecule has 34 heavy (non-hydrogen) atoms. The van der Waals surface area contributed by atoms with E-state index in [-0.39, 0.29) is 23.8 Å². The van der Waals surface area contributed by atoms with Gasteiger partial charge in [-0.05, 0) is 62.2 Å². The summed E-state index contributed by atoms with van der Waals surface area (Å²) in [5.74, 6) is 0.576. The molecular formula is C27H24Cl2N2O3. The highest BCUT2D eigenvalue weighted by Gasteiger charge is 2.15. The average molecular weight is 495 g/mol. The number of ether oxygens (including phenoxy) is 2. The van der Waals surface area contributed by atoms with E-state index in [9.17, 15) is 10.1 Å². The highest BCUT2D eigenvalue weighted by atomic mass is 35.5. The minimum absolute atomic E-state index is 0.115. The van der Waals surface area contributed by atoms with Crippen LogP contribution < -0.4 is 14.8 Å². The number of nitrogens with zero attached hydrogens (tertiary/aromatic N) is 1. The normalized spacial score (nSPS) is 11.0. The zero-order valence-electron chi connectivity index (χ0n) is 19.1. The van der Waals surface area contributed by atoms with Crippen molar-refractivity contribution in [1.82, 2.24) is 0 Å². The van der Waals surface area contributed by atoms with E-state index in [4.69, 9.17) is 32.7 Å². The number of hydrogen-bond donors (Lipinski definition) is 1. The second-order valence-electron chi connectivity index (χ2n) is 7.71. The van der Waals surface area contributed by atoms with E-state index in [1.807, 2.05) is 57.2 Å². The van der Waals surface area contributed by atoms with Gasteiger partial charge in [0.2, 0.25) is 0 Å². The summed E-state index contributed by atoms with van der Waals surface area (Å²) in [5, 5.41) is 12.9. The fraction of sp³-hybridized carbons (Fsp3) is 0.185. The average Bonchev–Trinajstić information content (AvgIpc) is 2.79. The van der Waals surface area contributed by atoms with Crippen LogP contribution in [0.3, 0.4) is 0 Å². The molecule has 0 saturated heterocycles. The number of rotatable bonds is 8. The van der Waals surface area contributed by atoms with Gasteiger partial charge in [-0.15, -0.1) is 0 Å². The summed E-state index contributed by atoms with van der Waals surface area (Å²) in [7, 11) is 0. The van der Waals surface area contributed by atoms with Gasteiger partial charge in [0.25, 0.3) is 5.91 Å². The van der Waals surface area contributed by atoms with E-state index in [2.05, 4.69) is 5.32 Å². The van der Waals surface area contributed by atoms with Crippen LogP contribution >= 0.6 is 23.2 Å². The lowest BCUT2D eigenvalue weighted by Gasteiger charge is -2.15. The summed E-state index contributed by atoms with van der Waals surface area (Å²) in [5.41, 5.74) is 4.01. The quantitative estimate of drug-likeness (QED) is 0.209. The van der Waals surface area contributed by atoms with Crippen molar-refractivity contribution in [3.8, 4) is 17.6 Å². The number of benzene rings is 3. The van der Waals surface area contributed by atoms with Crippen molar-refractivity contribution in [2.45, 2.75) is 20.8 Å². The second kappa shape index (κ2) is 11.6. The molecule has 0 aliphatic carbocycles. The minimum atomic E-state index is -0.549. The third-order valence-electron chi connectivity index (χ3n) is 5.00. The molecule has 3 aromatic carbocycles. The zero-order valence-corrected chi connectivity index (χ0v) is 20.6. The van der Waals surface area contributed by atoms with Gasteiger partial charge in [-0.1, -0.05) is 59.1 Å². The van der Waals surface area contributed by atoms with Crippen molar-refractivity contribution in [3.63, 3.8) is 0 Å². The van der Waals surface area contributed by atoms with Crippen LogP contribution in [-0.2, 0) is 4.79 Å². The Morgan fingerprint density at radius 1 is 0.971 bits per heavy atom. The van der Waals surface area contributed by atoms with Gasteiger partial charge in [0.05, 0.1) is 5.02 Å². The van der Waals surface area contributed by atoms with Crippen molar-refractivity contribution in [3.05, 3.63) is 92.5 Å². The maximum Gasteiger partial charge on any atom is 0.266 e. The second-order valence-corrected chi connectivity index (χ2v) is 8.56. The Morgan fingerprint density at radius 3 is 2.21 bits per heavy atom. The van der Waals surface area contributed by atoms with Crippen LogP contribution in [0.1, 0.15) is 22.3 Å². The molecule has 1 amide bonds. The van der Waals surface area contributed by atoms with Crippen LogP contribution in [0.15, 0.2) is 60.2 Å². The molecule has 0 heterocycles. The molecule has 7 heteroatoms. The molecular weight excluding hydrogens is 471 g/mol. The fourth-order valence-corrected chi connectivity index (χ4v) is 3.86. The Morgan fingerprint density at radius 2 is 1.59 bits per heavy atom. The standard InChI is InChI=1S/C27H24Cl2N2O3/c1-17-7-9-23(10-8-17)31-27(32)21(16-30)13-20-14-22(28)15-24(29)26(20)34-12-11-33-25-18(2)5-4-6-19(25)3/h4-10,13-15H,11-12H2,1-3H3,(H,31,32)/b21-13+. The smallest absolute Gasteiger partial charge is 0.266 e. The highest BCUT2D eigenvalue weighted by molar-refractivity contribution is 6.36. The van der Waals surface area contributed by atoms with Crippen LogP contribution in [-0.4, -0.2) is 19.1 Å². The molecule has 0 fully saturated rings. The monoisotopic (exact) mass is 494 g/mol. The van der Waals surface area contributed by atoms with E-state index >= 15 is 0 Å². The zero-order chi connectivity index (χ0) is 24.7. The number of halogens is 2. The third-order valence-corrected chi connectivity index (χ3v) is 5.50. The van der Waals surface area contributed by atoms with Gasteiger partial charge >= 0.3 is 0 Å². The van der Waals surface area contributed by atoms with Gasteiger partial charge < -0.3 is 14.8 Å². The van der Waals surface area contributed by atoms with Gasteiger partial charge in [-0.3, -0.25) is 4.79 Å². The van der Waals surface area contributed by atoms with Gasteiger partial charge in [-0.2, -0.15) is 5.26 Å². The van der Waals surface area contributed by atoms with Gasteiger partial charge in [0.15, 0.2) is 0 Å². The number of aryl methyl sites for hydroxylation is 3. The first kappa shape index (κ1) is 25.2. The van der Waals surface area contributed by atoms with Crippen LogP contribution in [0, 0.1) is 32.1 Å². The van der Waals surface area contributed by atoms with Gasteiger partial charge in [-0.25, -0.2) is 0 Å². The lowest BCUT2D eigenvalue weighted by molar-refractivity contribution is -0.112. The minimum Gasteiger partial charge on any atom is -0.489 e. The van der Waals surface area contributed by atoms with Gasteiger partial charge in [0.1, 0.15) is 36.4 Å². The molecule has 3 rings (SSSR count). The predicted molar refractivity (Wildman–Crippen MR) is 137 cm³/mol. The lowest BCUT2D eigenvalue weighted by atomic mass is 10.1. The molecule has 0 aliphatic rings. The number of hydrogen-bond acceptors (Lipinski definition) is 4. The van der Waals surface area contributed by atoms with Crippen molar-refractivity contribution < 1.29 is 14.3 Å². The maximum atomic E-state index is 12.7. The number of nitriles is 1. The first-order valence-electron chi connectivity index (χ1n) is 10.6. The number of carbonyl (C=O) groups excluding carboxylic acids is 1. The molecule has 0 radical (unpaired) electrons.